The highest BCUT2D eigenvalue weighted by Crippen LogP contribution is 1.97. The van der Waals surface area contributed by atoms with Crippen LogP contribution in [0.25, 0.3) is 0 Å². The van der Waals surface area contributed by atoms with Crippen molar-refractivity contribution in [2.45, 2.75) is 19.8 Å². The number of rotatable bonds is 5. The Bertz CT molecular complexity index is 218. The zero-order chi connectivity index (χ0) is 9.52. The van der Waals surface area contributed by atoms with E-state index in [-0.39, 0.29) is 0 Å². The average molecular weight is 177 g/mol. The van der Waals surface area contributed by atoms with Crippen molar-refractivity contribution in [3.05, 3.63) is 42.9 Å². The van der Waals surface area contributed by atoms with Gasteiger partial charge in [0.1, 0.15) is 0 Å². The van der Waals surface area contributed by atoms with E-state index >= 15 is 0 Å². The third-order valence-corrected chi connectivity index (χ3v) is 2.21. The molecule has 1 aromatic rings. The third-order valence-electron chi connectivity index (χ3n) is 2.21. The molecule has 0 spiro atoms. The van der Waals surface area contributed by atoms with E-state index in [0.29, 0.717) is 0 Å². The van der Waals surface area contributed by atoms with Crippen molar-refractivity contribution in [3.8, 4) is 0 Å². The van der Waals surface area contributed by atoms with Crippen LogP contribution in [0, 0.1) is 7.05 Å². The maximum absolute atomic E-state index is 4.06. The van der Waals surface area contributed by atoms with Crippen molar-refractivity contribution >= 4 is 0 Å². The summed E-state index contributed by atoms with van der Waals surface area (Å²) in [4.78, 5) is 1.38. The lowest BCUT2D eigenvalue weighted by atomic mass is 10.1. The first-order valence-electron chi connectivity index (χ1n) is 5.03. The number of hydrogen-bond donors (Lipinski definition) is 1. The Morgan fingerprint density at radius 2 is 1.85 bits per heavy atom. The summed E-state index contributed by atoms with van der Waals surface area (Å²) in [7, 11) is 4.06. The molecule has 0 aliphatic carbocycles. The summed E-state index contributed by atoms with van der Waals surface area (Å²) in [6, 6.07) is 10.6. The van der Waals surface area contributed by atoms with E-state index in [0.717, 1.165) is 13.0 Å². The Morgan fingerprint density at radius 1 is 1.15 bits per heavy atom. The molecule has 1 N–H and O–H groups in total. The van der Waals surface area contributed by atoms with Gasteiger partial charge >= 0.3 is 0 Å². The highest BCUT2D eigenvalue weighted by Gasteiger charge is 1.95. The molecule has 0 saturated carbocycles. The second kappa shape index (κ2) is 5.76. The van der Waals surface area contributed by atoms with Gasteiger partial charge in [0.15, 0.2) is 0 Å². The number of quaternary nitrogens is 1. The SMILES string of the molecule is [CH2-][NH+](CCC)CCc1ccccc1. The maximum atomic E-state index is 4.06. The highest BCUT2D eigenvalue weighted by molar-refractivity contribution is 5.14. The Kier molecular flexibility index (Phi) is 4.55. The second-order valence-electron chi connectivity index (χ2n) is 3.49. The van der Waals surface area contributed by atoms with Crippen LogP contribution in [0.5, 0.6) is 0 Å². The summed E-state index contributed by atoms with van der Waals surface area (Å²) < 4.78 is 0. The summed E-state index contributed by atoms with van der Waals surface area (Å²) in [5.41, 5.74) is 1.42. The van der Waals surface area contributed by atoms with Crippen molar-refractivity contribution in [1.29, 1.82) is 0 Å². The summed E-state index contributed by atoms with van der Waals surface area (Å²) in [5, 5.41) is 0. The topological polar surface area (TPSA) is 4.44 Å². The zero-order valence-electron chi connectivity index (χ0n) is 8.42. The van der Waals surface area contributed by atoms with Gasteiger partial charge in [-0.2, -0.15) is 7.05 Å². The molecular formula is C12H19N. The summed E-state index contributed by atoms with van der Waals surface area (Å²) in [5.74, 6) is 0. The summed E-state index contributed by atoms with van der Waals surface area (Å²) >= 11 is 0. The Balaban J connectivity index is 2.27. The molecule has 0 bridgehead atoms. The highest BCUT2D eigenvalue weighted by atomic mass is 15.1. The standard InChI is InChI=1S/C12H19N/c1-3-10-13(2)11-9-12-7-5-4-6-8-12/h4-8,13H,2-3,9-11H2,1H3. The van der Waals surface area contributed by atoms with Gasteiger partial charge in [-0.1, -0.05) is 37.3 Å². The fourth-order valence-electron chi connectivity index (χ4n) is 1.44. The minimum absolute atomic E-state index is 1.14. The van der Waals surface area contributed by atoms with Gasteiger partial charge in [-0.3, -0.25) is 0 Å². The summed E-state index contributed by atoms with van der Waals surface area (Å²) in [6.07, 6.45) is 2.35. The van der Waals surface area contributed by atoms with E-state index in [1.165, 1.54) is 23.4 Å². The van der Waals surface area contributed by atoms with E-state index in [4.69, 9.17) is 0 Å². The van der Waals surface area contributed by atoms with Crippen molar-refractivity contribution < 1.29 is 4.90 Å². The molecule has 1 heteroatoms. The number of hydrogen-bond acceptors (Lipinski definition) is 0. The van der Waals surface area contributed by atoms with Crippen LogP contribution < -0.4 is 4.90 Å². The van der Waals surface area contributed by atoms with Crippen molar-refractivity contribution in [2.24, 2.45) is 0 Å². The van der Waals surface area contributed by atoms with Gasteiger partial charge in [-0.15, -0.1) is 0 Å². The quantitative estimate of drug-likeness (QED) is 0.647. The van der Waals surface area contributed by atoms with Crippen LogP contribution in [-0.2, 0) is 6.42 Å². The normalized spacial score (nSPS) is 12.8. The number of nitrogens with one attached hydrogen (secondary N) is 1. The summed E-state index contributed by atoms with van der Waals surface area (Å²) in [6.45, 7) is 4.51. The molecule has 0 radical (unpaired) electrons. The molecule has 0 amide bonds. The van der Waals surface area contributed by atoms with Crippen LogP contribution in [0.2, 0.25) is 0 Å². The molecule has 1 rings (SSSR count). The van der Waals surface area contributed by atoms with E-state index in [9.17, 15) is 0 Å². The first kappa shape index (κ1) is 10.3. The largest absolute Gasteiger partial charge is 0.468 e. The van der Waals surface area contributed by atoms with Crippen LogP contribution in [0.15, 0.2) is 30.3 Å². The molecule has 1 unspecified atom stereocenters. The average Bonchev–Trinajstić information content (AvgIpc) is 2.17. The van der Waals surface area contributed by atoms with Gasteiger partial charge in [0, 0.05) is 6.42 Å². The minimum Gasteiger partial charge on any atom is -0.468 e. The lowest BCUT2D eigenvalue weighted by Gasteiger charge is -2.19. The van der Waals surface area contributed by atoms with Gasteiger partial charge in [0.2, 0.25) is 0 Å². The predicted molar refractivity (Wildman–Crippen MR) is 56.5 cm³/mol. The molecule has 72 valence electrons. The Labute approximate surface area is 81.4 Å². The van der Waals surface area contributed by atoms with Crippen molar-refractivity contribution in [3.63, 3.8) is 0 Å². The third kappa shape index (κ3) is 4.09. The zero-order valence-corrected chi connectivity index (χ0v) is 8.42. The second-order valence-corrected chi connectivity index (χ2v) is 3.49. The molecule has 13 heavy (non-hydrogen) atoms. The number of benzene rings is 1. The molecule has 0 saturated heterocycles. The first-order valence-corrected chi connectivity index (χ1v) is 5.03. The molecule has 1 atom stereocenters. The van der Waals surface area contributed by atoms with E-state index in [1.54, 1.807) is 0 Å². The van der Waals surface area contributed by atoms with Crippen LogP contribution in [0.3, 0.4) is 0 Å². The van der Waals surface area contributed by atoms with Crippen LogP contribution in [0.4, 0.5) is 0 Å². The van der Waals surface area contributed by atoms with E-state index in [1.807, 2.05) is 0 Å². The molecular weight excluding hydrogens is 158 g/mol. The first-order chi connectivity index (χ1) is 6.33. The van der Waals surface area contributed by atoms with Crippen LogP contribution >= 0.6 is 0 Å². The molecule has 0 fully saturated rings. The lowest BCUT2D eigenvalue weighted by Crippen LogP contribution is -3.07. The maximum Gasteiger partial charge on any atom is 0.0571 e. The monoisotopic (exact) mass is 177 g/mol. The molecule has 0 heterocycles. The van der Waals surface area contributed by atoms with Gasteiger partial charge < -0.3 is 4.90 Å². The fourth-order valence-corrected chi connectivity index (χ4v) is 1.44. The van der Waals surface area contributed by atoms with E-state index in [2.05, 4.69) is 44.3 Å². The predicted octanol–water partition coefficient (Wildman–Crippen LogP) is 1.32. The van der Waals surface area contributed by atoms with Crippen molar-refractivity contribution in [1.82, 2.24) is 0 Å². The van der Waals surface area contributed by atoms with Gasteiger partial charge in [-0.05, 0) is 12.0 Å². The molecule has 1 nitrogen and oxygen atoms in total. The molecule has 0 aliphatic rings. The smallest absolute Gasteiger partial charge is 0.0571 e. The van der Waals surface area contributed by atoms with Gasteiger partial charge in [0.25, 0.3) is 0 Å². The van der Waals surface area contributed by atoms with Crippen LogP contribution in [-0.4, -0.2) is 13.1 Å². The molecule has 0 aromatic heterocycles. The van der Waals surface area contributed by atoms with Crippen molar-refractivity contribution in [2.75, 3.05) is 13.1 Å². The Morgan fingerprint density at radius 3 is 2.46 bits per heavy atom. The minimum atomic E-state index is 1.14. The fraction of sp³-hybridized carbons (Fsp3) is 0.417. The molecule has 1 aromatic carbocycles. The van der Waals surface area contributed by atoms with Crippen LogP contribution in [0.1, 0.15) is 18.9 Å². The Hall–Kier alpha value is -0.820. The van der Waals surface area contributed by atoms with Gasteiger partial charge in [-0.25, -0.2) is 0 Å². The molecule has 0 aliphatic heterocycles. The van der Waals surface area contributed by atoms with Gasteiger partial charge in [0.05, 0.1) is 13.1 Å². The van der Waals surface area contributed by atoms with E-state index < -0.39 is 0 Å². The lowest BCUT2D eigenvalue weighted by molar-refractivity contribution is -0.853.